The van der Waals surface area contributed by atoms with Crippen LogP contribution in [0.25, 0.3) is 0 Å². The highest BCUT2D eigenvalue weighted by Gasteiger charge is 2.42. The van der Waals surface area contributed by atoms with Crippen LogP contribution in [0.3, 0.4) is 0 Å². The molecule has 2 saturated heterocycles. The Morgan fingerprint density at radius 3 is 2.38 bits per heavy atom. The van der Waals surface area contributed by atoms with Crippen LogP contribution in [0.1, 0.15) is 20.8 Å². The number of carbonyl (C=O) groups is 1. The molecule has 3 rings (SSSR count). The van der Waals surface area contributed by atoms with E-state index in [0.29, 0.717) is 11.8 Å². The van der Waals surface area contributed by atoms with Gasteiger partial charge in [-0.1, -0.05) is 6.07 Å². The number of hydrogen-bond acceptors (Lipinski definition) is 4. The maximum Gasteiger partial charge on any atom is 0.410 e. The molecule has 0 saturated carbocycles. The van der Waals surface area contributed by atoms with Crippen molar-refractivity contribution < 1.29 is 9.53 Å². The van der Waals surface area contributed by atoms with E-state index in [1.807, 2.05) is 50.1 Å². The van der Waals surface area contributed by atoms with E-state index in [0.717, 1.165) is 32.0 Å². The van der Waals surface area contributed by atoms with Gasteiger partial charge in [0, 0.05) is 44.2 Å². The third kappa shape index (κ3) is 3.12. The molecule has 5 nitrogen and oxygen atoms in total. The van der Waals surface area contributed by atoms with Crippen molar-refractivity contribution in [2.75, 3.05) is 31.1 Å². The Morgan fingerprint density at radius 1 is 1.19 bits per heavy atom. The minimum Gasteiger partial charge on any atom is -0.444 e. The largest absolute Gasteiger partial charge is 0.444 e. The van der Waals surface area contributed by atoms with E-state index in [4.69, 9.17) is 4.74 Å². The summed E-state index contributed by atoms with van der Waals surface area (Å²) in [6, 6.07) is 6.00. The number of anilines is 1. The van der Waals surface area contributed by atoms with E-state index in [9.17, 15) is 4.79 Å². The van der Waals surface area contributed by atoms with E-state index >= 15 is 0 Å². The standard InChI is InChI=1S/C16H23N3O2/c1-16(2,3)21-15(20)19-10-12-8-18(9-13(12)11-19)14-6-4-5-7-17-14/h4-7,12-13H,8-11H2,1-3H3. The topological polar surface area (TPSA) is 45.7 Å². The fraction of sp³-hybridized carbons (Fsp3) is 0.625. The zero-order valence-electron chi connectivity index (χ0n) is 13.0. The summed E-state index contributed by atoms with van der Waals surface area (Å²) < 4.78 is 5.46. The zero-order valence-corrected chi connectivity index (χ0v) is 13.0. The molecule has 0 aromatic carbocycles. The van der Waals surface area contributed by atoms with Gasteiger partial charge in [-0.15, -0.1) is 0 Å². The van der Waals surface area contributed by atoms with Crippen LogP contribution in [0.5, 0.6) is 0 Å². The average Bonchev–Trinajstić information content (AvgIpc) is 2.95. The monoisotopic (exact) mass is 289 g/mol. The molecule has 0 radical (unpaired) electrons. The van der Waals surface area contributed by atoms with E-state index in [1.54, 1.807) is 0 Å². The first-order valence-electron chi connectivity index (χ1n) is 7.56. The third-order valence-corrected chi connectivity index (χ3v) is 4.11. The van der Waals surface area contributed by atoms with Crippen molar-refractivity contribution in [3.05, 3.63) is 24.4 Å². The third-order valence-electron chi connectivity index (χ3n) is 4.11. The van der Waals surface area contributed by atoms with Gasteiger partial charge >= 0.3 is 6.09 Å². The van der Waals surface area contributed by atoms with Crippen LogP contribution in [0.15, 0.2) is 24.4 Å². The lowest BCUT2D eigenvalue weighted by molar-refractivity contribution is 0.0282. The van der Waals surface area contributed by atoms with E-state index in [2.05, 4.69) is 9.88 Å². The van der Waals surface area contributed by atoms with Gasteiger partial charge in [-0.2, -0.15) is 0 Å². The number of hydrogen-bond donors (Lipinski definition) is 0. The first kappa shape index (κ1) is 14.2. The van der Waals surface area contributed by atoms with Crippen LogP contribution in [0.2, 0.25) is 0 Å². The predicted octanol–water partition coefficient (Wildman–Crippen LogP) is 2.38. The van der Waals surface area contributed by atoms with Crippen molar-refractivity contribution in [2.45, 2.75) is 26.4 Å². The molecule has 0 aliphatic carbocycles. The second-order valence-corrected chi connectivity index (χ2v) is 7.00. The SMILES string of the molecule is CC(C)(C)OC(=O)N1CC2CN(c3ccccn3)CC2C1. The summed E-state index contributed by atoms with van der Waals surface area (Å²) in [6.45, 7) is 9.26. The molecule has 0 N–H and O–H groups in total. The minimum atomic E-state index is -0.422. The van der Waals surface area contributed by atoms with Crippen molar-refractivity contribution >= 4 is 11.9 Å². The lowest BCUT2D eigenvalue weighted by Gasteiger charge is -2.26. The van der Waals surface area contributed by atoms with Gasteiger partial charge in [0.05, 0.1) is 0 Å². The fourth-order valence-electron chi connectivity index (χ4n) is 3.20. The maximum atomic E-state index is 12.1. The van der Waals surface area contributed by atoms with Crippen molar-refractivity contribution in [3.8, 4) is 0 Å². The van der Waals surface area contributed by atoms with E-state index in [1.165, 1.54) is 0 Å². The summed E-state index contributed by atoms with van der Waals surface area (Å²) in [6.07, 6.45) is 1.65. The number of aromatic nitrogens is 1. The molecule has 0 spiro atoms. The van der Waals surface area contributed by atoms with Crippen molar-refractivity contribution in [2.24, 2.45) is 11.8 Å². The molecule has 5 heteroatoms. The summed E-state index contributed by atoms with van der Waals surface area (Å²) in [5.74, 6) is 2.09. The maximum absolute atomic E-state index is 12.1. The Morgan fingerprint density at radius 2 is 1.86 bits per heavy atom. The van der Waals surface area contributed by atoms with E-state index in [-0.39, 0.29) is 6.09 Å². The smallest absolute Gasteiger partial charge is 0.410 e. The van der Waals surface area contributed by atoms with Gasteiger partial charge in [-0.25, -0.2) is 9.78 Å². The molecule has 1 aromatic rings. The molecular weight excluding hydrogens is 266 g/mol. The lowest BCUT2D eigenvalue weighted by Crippen LogP contribution is -2.37. The van der Waals surface area contributed by atoms with Crippen molar-refractivity contribution in [3.63, 3.8) is 0 Å². The molecule has 2 aliphatic heterocycles. The van der Waals surface area contributed by atoms with E-state index < -0.39 is 5.60 Å². The number of fused-ring (bicyclic) bond motifs is 1. The molecule has 2 aliphatic rings. The highest BCUT2D eigenvalue weighted by Crippen LogP contribution is 2.33. The first-order chi connectivity index (χ1) is 9.92. The van der Waals surface area contributed by atoms with Crippen LogP contribution < -0.4 is 4.90 Å². The van der Waals surface area contributed by atoms with Crippen molar-refractivity contribution in [1.82, 2.24) is 9.88 Å². The van der Waals surface area contributed by atoms with Gasteiger partial charge in [0.2, 0.25) is 0 Å². The van der Waals surface area contributed by atoms with Gasteiger partial charge < -0.3 is 14.5 Å². The minimum absolute atomic E-state index is 0.179. The molecule has 2 fully saturated rings. The van der Waals surface area contributed by atoms with Gasteiger partial charge in [0.25, 0.3) is 0 Å². The number of amides is 1. The molecule has 114 valence electrons. The van der Waals surface area contributed by atoms with Crippen LogP contribution in [0.4, 0.5) is 10.6 Å². The number of pyridine rings is 1. The normalized spacial score (nSPS) is 25.1. The highest BCUT2D eigenvalue weighted by atomic mass is 16.6. The Hall–Kier alpha value is -1.78. The Kier molecular flexibility index (Phi) is 3.51. The van der Waals surface area contributed by atoms with Gasteiger partial charge in [0.1, 0.15) is 11.4 Å². The molecule has 3 heterocycles. The quantitative estimate of drug-likeness (QED) is 0.796. The number of ether oxygens (including phenoxy) is 1. The summed E-state index contributed by atoms with van der Waals surface area (Å²) in [5, 5.41) is 0. The first-order valence-corrected chi connectivity index (χ1v) is 7.56. The Bertz CT molecular complexity index is 498. The second kappa shape index (κ2) is 5.20. The van der Waals surface area contributed by atoms with Crippen LogP contribution in [-0.4, -0.2) is 47.8 Å². The molecule has 1 aromatic heterocycles. The van der Waals surface area contributed by atoms with Crippen molar-refractivity contribution in [1.29, 1.82) is 0 Å². The molecule has 1 amide bonds. The van der Waals surface area contributed by atoms with Crippen LogP contribution in [-0.2, 0) is 4.74 Å². The molecule has 0 bridgehead atoms. The molecule has 2 atom stereocenters. The predicted molar refractivity (Wildman–Crippen MR) is 81.2 cm³/mol. The number of nitrogens with zero attached hydrogens (tertiary/aromatic N) is 3. The number of rotatable bonds is 1. The summed E-state index contributed by atoms with van der Waals surface area (Å²) in [7, 11) is 0. The molecular formula is C16H23N3O2. The van der Waals surface area contributed by atoms with Crippen LogP contribution in [0, 0.1) is 11.8 Å². The molecule has 21 heavy (non-hydrogen) atoms. The second-order valence-electron chi connectivity index (χ2n) is 7.00. The Balaban J connectivity index is 1.58. The zero-order chi connectivity index (χ0) is 15.0. The molecule has 2 unspecified atom stereocenters. The summed E-state index contributed by atoms with van der Waals surface area (Å²) in [4.78, 5) is 20.7. The van der Waals surface area contributed by atoms with Gasteiger partial charge in [-0.05, 0) is 32.9 Å². The lowest BCUT2D eigenvalue weighted by atomic mass is 10.0. The Labute approximate surface area is 125 Å². The summed E-state index contributed by atoms with van der Waals surface area (Å²) >= 11 is 0. The average molecular weight is 289 g/mol. The van der Waals surface area contributed by atoms with Gasteiger partial charge in [-0.3, -0.25) is 0 Å². The highest BCUT2D eigenvalue weighted by molar-refractivity contribution is 5.68. The van der Waals surface area contributed by atoms with Crippen LogP contribution >= 0.6 is 0 Å². The number of carbonyl (C=O) groups excluding carboxylic acids is 1. The van der Waals surface area contributed by atoms with Gasteiger partial charge in [0.15, 0.2) is 0 Å². The summed E-state index contributed by atoms with van der Waals surface area (Å²) in [5.41, 5.74) is -0.422. The fourth-order valence-corrected chi connectivity index (χ4v) is 3.20. The number of likely N-dealkylation sites (tertiary alicyclic amines) is 1.